The van der Waals surface area contributed by atoms with E-state index in [1.54, 1.807) is 29.4 Å². The first kappa shape index (κ1) is 17.5. The van der Waals surface area contributed by atoms with Gasteiger partial charge in [0, 0.05) is 18.7 Å². The molecule has 0 radical (unpaired) electrons. The summed E-state index contributed by atoms with van der Waals surface area (Å²) in [6.45, 7) is 2.55. The minimum Gasteiger partial charge on any atom is -0.467 e. The average Bonchev–Trinajstić information content (AvgIpc) is 3.34. The second-order valence-electron chi connectivity index (χ2n) is 5.88. The Morgan fingerprint density at radius 2 is 1.73 bits per heavy atom. The summed E-state index contributed by atoms with van der Waals surface area (Å²) >= 11 is 0. The van der Waals surface area contributed by atoms with Gasteiger partial charge < -0.3 is 19.1 Å². The van der Waals surface area contributed by atoms with Gasteiger partial charge in [0.05, 0.1) is 19.1 Å². The van der Waals surface area contributed by atoms with Crippen LogP contribution in [0.4, 0.5) is 5.69 Å². The molecule has 6 heteroatoms. The van der Waals surface area contributed by atoms with Crippen molar-refractivity contribution in [2.45, 2.75) is 19.9 Å². The number of hydrogen-bond acceptors (Lipinski definition) is 4. The van der Waals surface area contributed by atoms with Crippen molar-refractivity contribution in [1.29, 1.82) is 0 Å². The van der Waals surface area contributed by atoms with E-state index in [1.807, 2.05) is 37.3 Å². The summed E-state index contributed by atoms with van der Waals surface area (Å²) in [5.41, 5.74) is 1.90. The molecule has 1 aromatic carbocycles. The van der Waals surface area contributed by atoms with Gasteiger partial charge in [0.2, 0.25) is 5.91 Å². The van der Waals surface area contributed by atoms with Crippen molar-refractivity contribution in [1.82, 2.24) is 5.32 Å². The molecule has 2 amide bonds. The number of furan rings is 2. The third kappa shape index (κ3) is 4.42. The summed E-state index contributed by atoms with van der Waals surface area (Å²) in [5, 5.41) is 2.69. The smallest absolute Gasteiger partial charge is 0.286 e. The minimum absolute atomic E-state index is 0.106. The lowest BCUT2D eigenvalue weighted by molar-refractivity contribution is -0.118. The highest BCUT2D eigenvalue weighted by Crippen LogP contribution is 2.19. The van der Waals surface area contributed by atoms with E-state index in [2.05, 4.69) is 5.32 Å². The van der Waals surface area contributed by atoms with Crippen LogP contribution < -0.4 is 10.2 Å². The number of aryl methyl sites for hydroxylation is 1. The highest BCUT2D eigenvalue weighted by atomic mass is 16.3. The highest BCUT2D eigenvalue weighted by molar-refractivity contribution is 5.94. The van der Waals surface area contributed by atoms with Gasteiger partial charge in [-0.1, -0.05) is 17.7 Å². The van der Waals surface area contributed by atoms with Gasteiger partial charge in [0.1, 0.15) is 5.76 Å². The Hall–Kier alpha value is -3.28. The van der Waals surface area contributed by atoms with Crippen LogP contribution in [0.2, 0.25) is 0 Å². The summed E-state index contributed by atoms with van der Waals surface area (Å²) in [6.07, 6.45) is 3.18. The van der Waals surface area contributed by atoms with E-state index in [0.717, 1.165) is 11.3 Å². The molecule has 3 aromatic rings. The molecule has 0 unspecified atom stereocenters. The van der Waals surface area contributed by atoms with Crippen molar-refractivity contribution >= 4 is 17.5 Å². The molecule has 2 heterocycles. The second kappa shape index (κ2) is 8.20. The molecule has 0 saturated carbocycles. The fourth-order valence-electron chi connectivity index (χ4n) is 2.52. The number of anilines is 1. The second-order valence-corrected chi connectivity index (χ2v) is 5.88. The average molecular weight is 352 g/mol. The van der Waals surface area contributed by atoms with Crippen LogP contribution in [0.5, 0.6) is 0 Å². The van der Waals surface area contributed by atoms with Gasteiger partial charge in [-0.15, -0.1) is 0 Å². The number of hydrogen-bond donors (Lipinski definition) is 1. The lowest BCUT2D eigenvalue weighted by Crippen LogP contribution is -2.34. The van der Waals surface area contributed by atoms with Crippen molar-refractivity contribution < 1.29 is 18.4 Å². The molecular weight excluding hydrogens is 332 g/mol. The van der Waals surface area contributed by atoms with Crippen LogP contribution in [0.15, 0.2) is 69.9 Å². The van der Waals surface area contributed by atoms with Gasteiger partial charge in [-0.05, 0) is 43.3 Å². The van der Waals surface area contributed by atoms with Crippen LogP contribution in [0.1, 0.15) is 28.3 Å². The van der Waals surface area contributed by atoms with E-state index < -0.39 is 0 Å². The Kier molecular flexibility index (Phi) is 5.53. The van der Waals surface area contributed by atoms with Crippen LogP contribution >= 0.6 is 0 Å². The van der Waals surface area contributed by atoms with Crippen LogP contribution in [0.3, 0.4) is 0 Å². The highest BCUT2D eigenvalue weighted by Gasteiger charge is 2.18. The van der Waals surface area contributed by atoms with E-state index >= 15 is 0 Å². The largest absolute Gasteiger partial charge is 0.467 e. The molecule has 2 aromatic heterocycles. The van der Waals surface area contributed by atoms with Gasteiger partial charge in [-0.2, -0.15) is 0 Å². The first-order valence-electron chi connectivity index (χ1n) is 8.34. The van der Waals surface area contributed by atoms with Gasteiger partial charge in [0.25, 0.3) is 5.91 Å². The maximum absolute atomic E-state index is 12.7. The Balaban J connectivity index is 1.64. The summed E-state index contributed by atoms with van der Waals surface area (Å²) in [5.74, 6) is 0.475. The third-order valence-corrected chi connectivity index (χ3v) is 3.91. The number of benzene rings is 1. The fourth-order valence-corrected chi connectivity index (χ4v) is 2.52. The van der Waals surface area contributed by atoms with Gasteiger partial charge in [-0.25, -0.2) is 0 Å². The fraction of sp³-hybridized carbons (Fsp3) is 0.200. The van der Waals surface area contributed by atoms with Crippen LogP contribution in [-0.2, 0) is 11.3 Å². The molecule has 3 rings (SSSR count). The van der Waals surface area contributed by atoms with Crippen molar-refractivity contribution in [3.05, 3.63) is 78.1 Å². The molecule has 0 aliphatic rings. The zero-order valence-electron chi connectivity index (χ0n) is 14.5. The maximum Gasteiger partial charge on any atom is 0.286 e. The molecule has 0 bridgehead atoms. The van der Waals surface area contributed by atoms with E-state index in [-0.39, 0.29) is 30.5 Å². The Labute approximate surface area is 151 Å². The Bertz CT molecular complexity index is 837. The molecule has 26 heavy (non-hydrogen) atoms. The topological polar surface area (TPSA) is 75.7 Å². The number of nitrogens with zero attached hydrogens (tertiary/aromatic N) is 1. The van der Waals surface area contributed by atoms with Crippen molar-refractivity contribution in [2.75, 3.05) is 11.4 Å². The number of amides is 2. The molecule has 0 atom stereocenters. The molecule has 6 nitrogen and oxygen atoms in total. The predicted molar refractivity (Wildman–Crippen MR) is 96.7 cm³/mol. The molecule has 1 N–H and O–H groups in total. The third-order valence-electron chi connectivity index (χ3n) is 3.91. The normalized spacial score (nSPS) is 10.5. The van der Waals surface area contributed by atoms with Gasteiger partial charge in [-0.3, -0.25) is 9.59 Å². The van der Waals surface area contributed by atoms with Crippen molar-refractivity contribution in [3.63, 3.8) is 0 Å². The predicted octanol–water partition coefficient (Wildman–Crippen LogP) is 3.53. The van der Waals surface area contributed by atoms with Crippen LogP contribution in [0, 0.1) is 6.92 Å². The number of rotatable bonds is 7. The Morgan fingerprint density at radius 3 is 2.38 bits per heavy atom. The summed E-state index contributed by atoms with van der Waals surface area (Å²) in [4.78, 5) is 26.3. The molecule has 0 aliphatic heterocycles. The van der Waals surface area contributed by atoms with E-state index in [9.17, 15) is 9.59 Å². The summed E-state index contributed by atoms with van der Waals surface area (Å²) in [7, 11) is 0. The van der Waals surface area contributed by atoms with Crippen LogP contribution in [-0.4, -0.2) is 18.4 Å². The van der Waals surface area contributed by atoms with Crippen molar-refractivity contribution in [3.8, 4) is 0 Å². The van der Waals surface area contributed by atoms with E-state index in [1.165, 1.54) is 6.26 Å². The Morgan fingerprint density at radius 1 is 1.00 bits per heavy atom. The lowest BCUT2D eigenvalue weighted by atomic mass is 10.2. The van der Waals surface area contributed by atoms with Crippen molar-refractivity contribution in [2.24, 2.45) is 0 Å². The number of nitrogens with one attached hydrogen (secondary N) is 1. The summed E-state index contributed by atoms with van der Waals surface area (Å²) < 4.78 is 10.4. The zero-order valence-corrected chi connectivity index (χ0v) is 14.5. The molecular formula is C20H20N2O4. The SMILES string of the molecule is Cc1ccc(N(Cc2ccco2)C(=O)CCNC(=O)c2ccco2)cc1. The minimum atomic E-state index is -0.337. The molecule has 0 saturated heterocycles. The van der Waals surface area contributed by atoms with Gasteiger partial charge in [0.15, 0.2) is 5.76 Å². The monoisotopic (exact) mass is 352 g/mol. The maximum atomic E-state index is 12.7. The number of carbonyl (C=O) groups is 2. The molecule has 134 valence electrons. The van der Waals surface area contributed by atoms with E-state index in [4.69, 9.17) is 8.83 Å². The summed E-state index contributed by atoms with van der Waals surface area (Å²) in [6, 6.07) is 14.5. The van der Waals surface area contributed by atoms with E-state index in [0.29, 0.717) is 12.3 Å². The quantitative estimate of drug-likeness (QED) is 0.706. The zero-order chi connectivity index (χ0) is 18.4. The standard InChI is InChI=1S/C20H20N2O4/c1-15-6-8-16(9-7-15)22(14-17-4-2-12-25-17)19(23)10-11-21-20(24)18-5-3-13-26-18/h2-9,12-13H,10-11,14H2,1H3,(H,21,24). The lowest BCUT2D eigenvalue weighted by Gasteiger charge is -2.22. The first-order valence-corrected chi connectivity index (χ1v) is 8.34. The van der Waals surface area contributed by atoms with Crippen LogP contribution in [0.25, 0.3) is 0 Å². The molecule has 0 fully saturated rings. The first-order chi connectivity index (χ1) is 12.6. The molecule has 0 spiro atoms. The molecule has 0 aliphatic carbocycles. The number of carbonyl (C=O) groups excluding carboxylic acids is 2. The van der Waals surface area contributed by atoms with Gasteiger partial charge >= 0.3 is 0 Å².